The summed E-state index contributed by atoms with van der Waals surface area (Å²) in [5.74, 6) is -2.74. The molecule has 0 aliphatic heterocycles. The maximum atomic E-state index is 14.5. The van der Waals surface area contributed by atoms with Crippen molar-refractivity contribution in [2.45, 2.75) is 6.92 Å². The van der Waals surface area contributed by atoms with Crippen LogP contribution in [0.3, 0.4) is 0 Å². The fraction of sp³-hybridized carbons (Fsp3) is 0.0476. The van der Waals surface area contributed by atoms with Crippen LogP contribution >= 0.6 is 11.6 Å². The molecule has 0 aliphatic carbocycles. The summed E-state index contributed by atoms with van der Waals surface area (Å²) in [6, 6.07) is 13.1. The molecule has 1 amide bonds. The van der Waals surface area contributed by atoms with Crippen LogP contribution < -0.4 is 10.1 Å². The van der Waals surface area contributed by atoms with Crippen molar-refractivity contribution in [1.82, 2.24) is 0 Å². The highest BCUT2D eigenvalue weighted by Gasteiger charge is 2.18. The standard InChI is InChI=1S/C21H14ClF2NO3/c1-12-6-13(8-15(22)7-12)14-9-17(23)20(18(24)10-14)25-21(27)16-4-2-3-5-19(16)28-11-26/h2-11H,1H3,(H,25,27). The number of carbonyl (C=O) groups is 2. The largest absolute Gasteiger partial charge is 0.428 e. The third-order valence-electron chi connectivity index (χ3n) is 3.96. The van der Waals surface area contributed by atoms with Crippen LogP contribution in [0.1, 0.15) is 15.9 Å². The molecule has 1 N–H and O–H groups in total. The maximum Gasteiger partial charge on any atom is 0.298 e. The predicted molar refractivity (Wildman–Crippen MR) is 103 cm³/mol. The Morgan fingerprint density at radius 1 is 1.04 bits per heavy atom. The van der Waals surface area contributed by atoms with Crippen molar-refractivity contribution in [3.63, 3.8) is 0 Å². The van der Waals surface area contributed by atoms with E-state index in [1.54, 1.807) is 24.3 Å². The van der Waals surface area contributed by atoms with Crippen molar-refractivity contribution in [2.75, 3.05) is 5.32 Å². The van der Waals surface area contributed by atoms with Gasteiger partial charge in [-0.25, -0.2) is 8.78 Å². The number of rotatable bonds is 5. The normalized spacial score (nSPS) is 10.4. The summed E-state index contributed by atoms with van der Waals surface area (Å²) in [7, 11) is 0. The number of halogens is 3. The Morgan fingerprint density at radius 2 is 1.68 bits per heavy atom. The quantitative estimate of drug-likeness (QED) is 0.584. The van der Waals surface area contributed by atoms with Gasteiger partial charge in [-0.1, -0.05) is 29.8 Å². The molecule has 7 heteroatoms. The highest BCUT2D eigenvalue weighted by atomic mass is 35.5. The topological polar surface area (TPSA) is 55.4 Å². The number of ether oxygens (including phenoxy) is 1. The Morgan fingerprint density at radius 3 is 2.32 bits per heavy atom. The molecule has 0 heterocycles. The molecule has 4 nitrogen and oxygen atoms in total. The van der Waals surface area contributed by atoms with Gasteiger partial charge in [-0.15, -0.1) is 0 Å². The second-order valence-electron chi connectivity index (χ2n) is 6.00. The molecule has 0 unspecified atom stereocenters. The third-order valence-corrected chi connectivity index (χ3v) is 4.18. The van der Waals surface area contributed by atoms with Crippen LogP contribution in [0, 0.1) is 18.6 Å². The summed E-state index contributed by atoms with van der Waals surface area (Å²) in [5, 5.41) is 2.63. The molecule has 0 aliphatic rings. The van der Waals surface area contributed by atoms with Gasteiger partial charge in [0.2, 0.25) is 0 Å². The van der Waals surface area contributed by atoms with Crippen molar-refractivity contribution in [3.8, 4) is 16.9 Å². The summed E-state index contributed by atoms with van der Waals surface area (Å²) in [6.07, 6.45) is 0. The number of aryl methyl sites for hydroxylation is 1. The summed E-state index contributed by atoms with van der Waals surface area (Å²) in [5.41, 5.74) is 1.03. The molecule has 0 bridgehead atoms. The zero-order chi connectivity index (χ0) is 20.3. The van der Waals surface area contributed by atoms with E-state index in [9.17, 15) is 18.4 Å². The van der Waals surface area contributed by atoms with E-state index < -0.39 is 23.2 Å². The Bertz CT molecular complexity index is 1030. The second-order valence-corrected chi connectivity index (χ2v) is 6.43. The molecule has 142 valence electrons. The molecule has 0 aromatic heterocycles. The van der Waals surface area contributed by atoms with Crippen LogP contribution in [-0.2, 0) is 4.79 Å². The lowest BCUT2D eigenvalue weighted by molar-refractivity contribution is -0.120. The maximum absolute atomic E-state index is 14.5. The second kappa shape index (κ2) is 8.19. The molecular weight excluding hydrogens is 388 g/mol. The van der Waals surface area contributed by atoms with Gasteiger partial charge in [0.15, 0.2) is 0 Å². The molecular formula is C21H14ClF2NO3. The number of anilines is 1. The SMILES string of the molecule is Cc1cc(Cl)cc(-c2cc(F)c(NC(=O)c3ccccc3OC=O)c(F)c2)c1. The fourth-order valence-electron chi connectivity index (χ4n) is 2.75. The van der Waals surface area contributed by atoms with Crippen LogP contribution in [0.4, 0.5) is 14.5 Å². The molecule has 0 saturated heterocycles. The van der Waals surface area contributed by atoms with E-state index in [1.807, 2.05) is 6.92 Å². The Labute approximate surface area is 164 Å². The van der Waals surface area contributed by atoms with Gasteiger partial charge in [0.25, 0.3) is 12.4 Å². The molecule has 0 fully saturated rings. The van der Waals surface area contributed by atoms with Gasteiger partial charge in [0.05, 0.1) is 5.56 Å². The molecule has 3 aromatic carbocycles. The van der Waals surface area contributed by atoms with Crippen LogP contribution in [0.15, 0.2) is 54.6 Å². The van der Waals surface area contributed by atoms with Gasteiger partial charge in [-0.3, -0.25) is 9.59 Å². The number of nitrogens with one attached hydrogen (secondary N) is 1. The van der Waals surface area contributed by atoms with E-state index in [-0.39, 0.29) is 23.3 Å². The van der Waals surface area contributed by atoms with Crippen LogP contribution in [0.25, 0.3) is 11.1 Å². The number of carbonyl (C=O) groups excluding carboxylic acids is 2. The van der Waals surface area contributed by atoms with Crippen molar-refractivity contribution in [3.05, 3.63) is 82.4 Å². The number of amides is 1. The average molecular weight is 402 g/mol. The van der Waals surface area contributed by atoms with Crippen molar-refractivity contribution < 1.29 is 23.1 Å². The minimum absolute atomic E-state index is 0.0261. The van der Waals surface area contributed by atoms with E-state index in [0.717, 1.165) is 17.7 Å². The molecule has 0 spiro atoms. The summed E-state index contributed by atoms with van der Waals surface area (Å²) in [6.45, 7) is 1.98. The molecule has 0 atom stereocenters. The van der Waals surface area contributed by atoms with Gasteiger partial charge < -0.3 is 10.1 Å². The van der Waals surface area contributed by atoms with Crippen molar-refractivity contribution in [2.24, 2.45) is 0 Å². The van der Waals surface area contributed by atoms with Gasteiger partial charge in [-0.2, -0.15) is 0 Å². The Kier molecular flexibility index (Phi) is 5.70. The third kappa shape index (κ3) is 4.18. The predicted octanol–water partition coefficient (Wildman–Crippen LogP) is 5.38. The Hall–Kier alpha value is -3.25. The summed E-state index contributed by atoms with van der Waals surface area (Å²) < 4.78 is 33.8. The van der Waals surface area contributed by atoms with E-state index in [4.69, 9.17) is 16.3 Å². The summed E-state index contributed by atoms with van der Waals surface area (Å²) >= 11 is 6.01. The van der Waals surface area contributed by atoms with Gasteiger partial charge >= 0.3 is 0 Å². The first-order valence-electron chi connectivity index (χ1n) is 8.16. The monoisotopic (exact) mass is 401 g/mol. The first kappa shape index (κ1) is 19.5. The van der Waals surface area contributed by atoms with E-state index >= 15 is 0 Å². The van der Waals surface area contributed by atoms with Crippen LogP contribution in [0.2, 0.25) is 5.02 Å². The first-order valence-corrected chi connectivity index (χ1v) is 8.54. The number of para-hydroxylation sites is 1. The van der Waals surface area contributed by atoms with Crippen LogP contribution in [0.5, 0.6) is 5.75 Å². The lowest BCUT2D eigenvalue weighted by Crippen LogP contribution is -2.15. The molecule has 3 rings (SSSR count). The minimum atomic E-state index is -0.949. The lowest BCUT2D eigenvalue weighted by atomic mass is 10.0. The fourth-order valence-corrected chi connectivity index (χ4v) is 3.04. The van der Waals surface area contributed by atoms with Gasteiger partial charge in [0, 0.05) is 5.02 Å². The smallest absolute Gasteiger partial charge is 0.298 e. The molecule has 28 heavy (non-hydrogen) atoms. The molecule has 0 saturated carbocycles. The highest BCUT2D eigenvalue weighted by Crippen LogP contribution is 2.30. The van der Waals surface area contributed by atoms with E-state index in [2.05, 4.69) is 5.32 Å². The lowest BCUT2D eigenvalue weighted by Gasteiger charge is -2.12. The van der Waals surface area contributed by atoms with Gasteiger partial charge in [0.1, 0.15) is 23.1 Å². The number of benzene rings is 3. The zero-order valence-electron chi connectivity index (χ0n) is 14.6. The van der Waals surface area contributed by atoms with Gasteiger partial charge in [-0.05, 0) is 60.0 Å². The highest BCUT2D eigenvalue weighted by molar-refractivity contribution is 6.31. The van der Waals surface area contributed by atoms with E-state index in [1.165, 1.54) is 18.2 Å². The van der Waals surface area contributed by atoms with E-state index in [0.29, 0.717) is 10.6 Å². The van der Waals surface area contributed by atoms with Crippen molar-refractivity contribution in [1.29, 1.82) is 0 Å². The average Bonchev–Trinajstić information content (AvgIpc) is 2.64. The summed E-state index contributed by atoms with van der Waals surface area (Å²) in [4.78, 5) is 23.0. The zero-order valence-corrected chi connectivity index (χ0v) is 15.4. The first-order chi connectivity index (χ1) is 13.4. The van der Waals surface area contributed by atoms with Crippen LogP contribution in [-0.4, -0.2) is 12.4 Å². The molecule has 3 aromatic rings. The number of hydrogen-bond donors (Lipinski definition) is 1. The Balaban J connectivity index is 1.94. The van der Waals surface area contributed by atoms with Crippen molar-refractivity contribution >= 4 is 29.7 Å². The number of hydrogen-bond acceptors (Lipinski definition) is 3. The minimum Gasteiger partial charge on any atom is -0.428 e. The molecule has 0 radical (unpaired) electrons.